The van der Waals surface area contributed by atoms with Crippen LogP contribution < -0.4 is 4.74 Å². The Labute approximate surface area is 188 Å². The molecule has 162 valence electrons. The Bertz CT molecular complexity index is 1240. The van der Waals surface area contributed by atoms with Crippen molar-refractivity contribution in [3.8, 4) is 5.75 Å². The van der Waals surface area contributed by atoms with Gasteiger partial charge < -0.3 is 4.74 Å². The lowest BCUT2D eigenvalue weighted by atomic mass is 10.0. The molecule has 0 spiro atoms. The second-order valence-corrected chi connectivity index (χ2v) is 8.23. The molecule has 7 nitrogen and oxygen atoms in total. The quantitative estimate of drug-likeness (QED) is 0.259. The van der Waals surface area contributed by atoms with Gasteiger partial charge in [0.25, 0.3) is 16.8 Å². The van der Waals surface area contributed by atoms with Crippen LogP contribution >= 0.6 is 11.8 Å². The van der Waals surface area contributed by atoms with Crippen molar-refractivity contribution >= 4 is 45.4 Å². The van der Waals surface area contributed by atoms with Gasteiger partial charge in [-0.15, -0.1) is 0 Å². The highest BCUT2D eigenvalue weighted by atomic mass is 32.2. The number of rotatable bonds is 7. The van der Waals surface area contributed by atoms with Crippen LogP contribution in [0.3, 0.4) is 0 Å². The lowest BCUT2D eigenvalue weighted by Gasteiger charge is -2.13. The molecule has 0 saturated carbocycles. The Morgan fingerprint density at radius 3 is 2.53 bits per heavy atom. The van der Waals surface area contributed by atoms with Crippen LogP contribution in [0.5, 0.6) is 5.75 Å². The summed E-state index contributed by atoms with van der Waals surface area (Å²) in [6.07, 6.45) is 2.56. The minimum Gasteiger partial charge on any atom is -0.493 e. The molecular formula is C24H20N2O5S. The number of imide groups is 1. The molecule has 8 heteroatoms. The molecule has 1 aliphatic heterocycles. The number of non-ortho nitro benzene ring substituents is 1. The maximum atomic E-state index is 13.0. The number of nitro benzene ring substituents is 1. The van der Waals surface area contributed by atoms with Crippen molar-refractivity contribution in [3.63, 3.8) is 0 Å². The van der Waals surface area contributed by atoms with E-state index in [1.165, 1.54) is 12.1 Å². The molecule has 0 radical (unpaired) electrons. The lowest BCUT2D eigenvalue weighted by molar-refractivity contribution is -0.384. The summed E-state index contributed by atoms with van der Waals surface area (Å²) in [5.74, 6) is 0.264. The van der Waals surface area contributed by atoms with E-state index in [0.717, 1.165) is 39.4 Å². The fourth-order valence-corrected chi connectivity index (χ4v) is 4.26. The third kappa shape index (κ3) is 4.36. The van der Waals surface area contributed by atoms with Gasteiger partial charge in [-0.2, -0.15) is 0 Å². The molecule has 1 aliphatic rings. The third-order valence-corrected chi connectivity index (χ3v) is 5.94. The Morgan fingerprint density at radius 1 is 1.06 bits per heavy atom. The van der Waals surface area contributed by atoms with E-state index in [9.17, 15) is 19.7 Å². The molecule has 3 aromatic rings. The van der Waals surface area contributed by atoms with Gasteiger partial charge in [-0.05, 0) is 46.7 Å². The van der Waals surface area contributed by atoms with Gasteiger partial charge in [-0.25, -0.2) is 0 Å². The van der Waals surface area contributed by atoms with E-state index in [4.69, 9.17) is 4.74 Å². The predicted octanol–water partition coefficient (Wildman–Crippen LogP) is 5.77. The number of amides is 2. The van der Waals surface area contributed by atoms with Gasteiger partial charge in [0.1, 0.15) is 5.75 Å². The SMILES string of the molecule is CCCOc1ccc2ccccc2c1/C=C1/SC(=O)N(Cc2ccc([N+](=O)[O-])cc2)C1=O. The van der Waals surface area contributed by atoms with Gasteiger partial charge in [-0.3, -0.25) is 24.6 Å². The Hall–Kier alpha value is -3.65. The highest BCUT2D eigenvalue weighted by Gasteiger charge is 2.35. The van der Waals surface area contributed by atoms with Crippen LogP contribution in [-0.2, 0) is 11.3 Å². The monoisotopic (exact) mass is 448 g/mol. The number of carbonyl (C=O) groups excluding carboxylic acids is 2. The van der Waals surface area contributed by atoms with Crippen LogP contribution in [0.1, 0.15) is 24.5 Å². The third-order valence-electron chi connectivity index (χ3n) is 5.03. The van der Waals surface area contributed by atoms with Crippen LogP contribution in [-0.4, -0.2) is 27.6 Å². The average Bonchev–Trinajstić information content (AvgIpc) is 3.06. The maximum Gasteiger partial charge on any atom is 0.293 e. The first-order chi connectivity index (χ1) is 15.5. The highest BCUT2D eigenvalue weighted by Crippen LogP contribution is 2.37. The zero-order valence-electron chi connectivity index (χ0n) is 17.3. The number of fused-ring (bicyclic) bond motifs is 1. The van der Waals surface area contributed by atoms with Crippen molar-refractivity contribution in [3.05, 3.63) is 86.8 Å². The number of benzene rings is 3. The molecule has 0 N–H and O–H groups in total. The molecule has 4 rings (SSSR count). The van der Waals surface area contributed by atoms with Gasteiger partial charge >= 0.3 is 0 Å². The number of nitro groups is 1. The van der Waals surface area contributed by atoms with Gasteiger partial charge in [0, 0.05) is 17.7 Å². The lowest BCUT2D eigenvalue weighted by Crippen LogP contribution is -2.27. The number of hydrogen-bond acceptors (Lipinski definition) is 6. The summed E-state index contributed by atoms with van der Waals surface area (Å²) in [5.41, 5.74) is 1.35. The van der Waals surface area contributed by atoms with Gasteiger partial charge in [0.05, 0.1) is 23.0 Å². The molecule has 1 fully saturated rings. The first-order valence-corrected chi connectivity index (χ1v) is 10.9. The van der Waals surface area contributed by atoms with E-state index in [1.54, 1.807) is 18.2 Å². The molecule has 0 unspecified atom stereocenters. The van der Waals surface area contributed by atoms with E-state index >= 15 is 0 Å². The van der Waals surface area contributed by atoms with Crippen LogP contribution in [0.25, 0.3) is 16.8 Å². The summed E-state index contributed by atoms with van der Waals surface area (Å²) in [4.78, 5) is 37.4. The summed E-state index contributed by atoms with van der Waals surface area (Å²) in [7, 11) is 0. The molecule has 0 atom stereocenters. The first-order valence-electron chi connectivity index (χ1n) is 10.1. The molecule has 0 aliphatic carbocycles. The summed E-state index contributed by atoms with van der Waals surface area (Å²) in [6.45, 7) is 2.61. The molecule has 1 heterocycles. The summed E-state index contributed by atoms with van der Waals surface area (Å²) in [5, 5.41) is 12.4. The van der Waals surface area contributed by atoms with Crippen molar-refractivity contribution in [1.29, 1.82) is 0 Å². The largest absolute Gasteiger partial charge is 0.493 e. The van der Waals surface area contributed by atoms with E-state index in [2.05, 4.69) is 0 Å². The predicted molar refractivity (Wildman–Crippen MR) is 124 cm³/mol. The fraction of sp³-hybridized carbons (Fsp3) is 0.167. The summed E-state index contributed by atoms with van der Waals surface area (Å²) < 4.78 is 5.90. The van der Waals surface area contributed by atoms with Crippen molar-refractivity contribution in [2.45, 2.75) is 19.9 Å². The Morgan fingerprint density at radius 2 is 1.81 bits per heavy atom. The molecule has 0 bridgehead atoms. The number of hydrogen-bond donors (Lipinski definition) is 0. The van der Waals surface area contributed by atoms with E-state index in [0.29, 0.717) is 22.8 Å². The minimum absolute atomic E-state index is 0.0432. The van der Waals surface area contributed by atoms with Crippen LogP contribution in [0, 0.1) is 10.1 Å². The molecule has 2 amide bonds. The summed E-state index contributed by atoms with van der Waals surface area (Å²) >= 11 is 0.880. The van der Waals surface area contributed by atoms with Crippen molar-refractivity contribution < 1.29 is 19.2 Å². The fourth-order valence-electron chi connectivity index (χ4n) is 3.44. The number of carbonyl (C=O) groups is 2. The van der Waals surface area contributed by atoms with Crippen LogP contribution in [0.15, 0.2) is 65.6 Å². The van der Waals surface area contributed by atoms with E-state index in [-0.39, 0.29) is 17.5 Å². The van der Waals surface area contributed by atoms with Crippen LogP contribution in [0.2, 0.25) is 0 Å². The van der Waals surface area contributed by atoms with Crippen molar-refractivity contribution in [2.24, 2.45) is 0 Å². The zero-order valence-corrected chi connectivity index (χ0v) is 18.1. The first kappa shape index (κ1) is 21.6. The average molecular weight is 449 g/mol. The molecule has 0 aromatic heterocycles. The van der Waals surface area contributed by atoms with Crippen molar-refractivity contribution in [2.75, 3.05) is 6.61 Å². The number of ether oxygens (including phenoxy) is 1. The molecular weight excluding hydrogens is 428 g/mol. The second kappa shape index (κ2) is 9.23. The standard InChI is InChI=1S/C24H20N2O5S/c1-2-13-31-21-12-9-17-5-3-4-6-19(17)20(21)14-22-23(27)25(24(28)32-22)15-16-7-10-18(11-8-16)26(29)30/h3-12,14H,2,13,15H2,1H3/b22-14+. The Kier molecular flexibility index (Phi) is 6.23. The minimum atomic E-state index is -0.491. The van der Waals surface area contributed by atoms with E-state index < -0.39 is 10.8 Å². The second-order valence-electron chi connectivity index (χ2n) is 7.24. The van der Waals surface area contributed by atoms with E-state index in [1.807, 2.05) is 43.3 Å². The molecule has 1 saturated heterocycles. The van der Waals surface area contributed by atoms with Crippen molar-refractivity contribution in [1.82, 2.24) is 4.90 Å². The molecule has 32 heavy (non-hydrogen) atoms. The smallest absolute Gasteiger partial charge is 0.293 e. The highest BCUT2D eigenvalue weighted by molar-refractivity contribution is 8.18. The van der Waals surface area contributed by atoms with Gasteiger partial charge in [-0.1, -0.05) is 49.4 Å². The zero-order chi connectivity index (χ0) is 22.7. The topological polar surface area (TPSA) is 89.8 Å². The van der Waals surface area contributed by atoms with Gasteiger partial charge in [0.15, 0.2) is 0 Å². The summed E-state index contributed by atoms with van der Waals surface area (Å²) in [6, 6.07) is 17.5. The normalized spacial score (nSPS) is 15.0. The van der Waals surface area contributed by atoms with Gasteiger partial charge in [0.2, 0.25) is 0 Å². The number of thioether (sulfide) groups is 1. The number of nitrogens with zero attached hydrogens (tertiary/aromatic N) is 2. The van der Waals surface area contributed by atoms with Crippen LogP contribution in [0.4, 0.5) is 10.5 Å². The molecule has 3 aromatic carbocycles. The maximum absolute atomic E-state index is 13.0. The Balaban J connectivity index is 1.65.